The van der Waals surface area contributed by atoms with E-state index < -0.39 is 6.10 Å². The Balaban J connectivity index is 1.65. The lowest BCUT2D eigenvalue weighted by Crippen LogP contribution is -2.39. The number of benzene rings is 1. The average molecular weight is 302 g/mol. The fourth-order valence-corrected chi connectivity index (χ4v) is 3.30. The molecule has 0 saturated carbocycles. The quantitative estimate of drug-likeness (QED) is 0.847. The summed E-state index contributed by atoms with van der Waals surface area (Å²) in [6, 6.07) is 7.77. The lowest BCUT2D eigenvalue weighted by atomic mass is 10.1. The third-order valence-electron chi connectivity index (χ3n) is 3.10. The molecule has 1 aromatic rings. The number of rotatable bonds is 6. The zero-order valence-electron chi connectivity index (χ0n) is 10.8. The number of ether oxygens (including phenoxy) is 1. The van der Waals surface area contributed by atoms with Gasteiger partial charge in [-0.05, 0) is 42.5 Å². The summed E-state index contributed by atoms with van der Waals surface area (Å²) < 4.78 is 5.51. The van der Waals surface area contributed by atoms with Gasteiger partial charge in [-0.25, -0.2) is 0 Å². The van der Waals surface area contributed by atoms with Gasteiger partial charge < -0.3 is 15.2 Å². The molecule has 0 amide bonds. The molecule has 1 saturated heterocycles. The minimum atomic E-state index is -0.492. The maximum atomic E-state index is 9.88. The number of aliphatic hydroxyl groups excluding tert-OH is 1. The van der Waals surface area contributed by atoms with Crippen molar-refractivity contribution in [2.45, 2.75) is 25.0 Å². The minimum Gasteiger partial charge on any atom is -0.491 e. The Kier molecular flexibility index (Phi) is 6.31. The normalized spacial score (nSPS) is 18.2. The highest BCUT2D eigenvalue weighted by Crippen LogP contribution is 2.18. The molecule has 1 aliphatic heterocycles. The Bertz CT molecular complexity index is 385. The molecule has 2 rings (SSSR count). The maximum Gasteiger partial charge on any atom is 0.120 e. The van der Waals surface area contributed by atoms with Crippen molar-refractivity contribution in [1.82, 2.24) is 5.32 Å². The van der Waals surface area contributed by atoms with Crippen molar-refractivity contribution in [3.05, 3.63) is 29.3 Å². The molecule has 5 heteroatoms. The van der Waals surface area contributed by atoms with Gasteiger partial charge in [0.25, 0.3) is 0 Å². The summed E-state index contributed by atoms with van der Waals surface area (Å²) in [7, 11) is 0. The SMILES string of the molecule is OC(CNC1CCSCC1)COc1cccc(Cl)c1. The number of hydrogen-bond acceptors (Lipinski definition) is 4. The molecule has 1 atom stereocenters. The highest BCUT2D eigenvalue weighted by molar-refractivity contribution is 7.99. The van der Waals surface area contributed by atoms with E-state index >= 15 is 0 Å². The topological polar surface area (TPSA) is 41.5 Å². The molecule has 1 aliphatic rings. The van der Waals surface area contributed by atoms with Crippen molar-refractivity contribution in [2.24, 2.45) is 0 Å². The predicted molar refractivity (Wildman–Crippen MR) is 81.3 cm³/mol. The van der Waals surface area contributed by atoms with Gasteiger partial charge in [-0.1, -0.05) is 17.7 Å². The summed E-state index contributed by atoms with van der Waals surface area (Å²) in [4.78, 5) is 0. The zero-order valence-corrected chi connectivity index (χ0v) is 12.4. The van der Waals surface area contributed by atoms with E-state index in [9.17, 15) is 5.11 Å². The first-order valence-corrected chi connectivity index (χ1v) is 8.15. The van der Waals surface area contributed by atoms with Gasteiger partial charge in [-0.3, -0.25) is 0 Å². The molecular formula is C14H20ClNO2S. The highest BCUT2D eigenvalue weighted by atomic mass is 35.5. The summed E-state index contributed by atoms with van der Waals surface area (Å²) in [6.07, 6.45) is 1.88. The molecule has 19 heavy (non-hydrogen) atoms. The van der Waals surface area contributed by atoms with Crippen LogP contribution in [0.2, 0.25) is 5.02 Å². The van der Waals surface area contributed by atoms with Crippen molar-refractivity contribution in [3.63, 3.8) is 0 Å². The second kappa shape index (κ2) is 8.00. The molecule has 0 aliphatic carbocycles. The van der Waals surface area contributed by atoms with Crippen LogP contribution >= 0.6 is 23.4 Å². The first-order valence-electron chi connectivity index (χ1n) is 6.61. The summed E-state index contributed by atoms with van der Waals surface area (Å²) in [5.74, 6) is 3.13. The predicted octanol–water partition coefficient (Wildman–Crippen LogP) is 2.56. The van der Waals surface area contributed by atoms with Gasteiger partial charge in [0.05, 0.1) is 0 Å². The van der Waals surface area contributed by atoms with E-state index in [0.29, 0.717) is 23.4 Å². The van der Waals surface area contributed by atoms with E-state index in [1.54, 1.807) is 12.1 Å². The van der Waals surface area contributed by atoms with E-state index in [4.69, 9.17) is 16.3 Å². The third-order valence-corrected chi connectivity index (χ3v) is 4.39. The molecule has 0 aromatic heterocycles. The number of aliphatic hydroxyl groups is 1. The molecule has 2 N–H and O–H groups in total. The zero-order chi connectivity index (χ0) is 13.5. The van der Waals surface area contributed by atoms with Crippen LogP contribution in [0.5, 0.6) is 5.75 Å². The number of thioether (sulfide) groups is 1. The summed E-state index contributed by atoms with van der Waals surface area (Å²) >= 11 is 7.87. The van der Waals surface area contributed by atoms with Crippen molar-refractivity contribution in [1.29, 1.82) is 0 Å². The minimum absolute atomic E-state index is 0.287. The molecule has 1 aromatic carbocycles. The number of hydrogen-bond donors (Lipinski definition) is 2. The summed E-state index contributed by atoms with van der Waals surface area (Å²) in [6.45, 7) is 0.866. The molecule has 0 bridgehead atoms. The number of halogens is 1. The monoisotopic (exact) mass is 301 g/mol. The lowest BCUT2D eigenvalue weighted by Gasteiger charge is -2.24. The summed E-state index contributed by atoms with van der Waals surface area (Å²) in [5, 5.41) is 13.9. The summed E-state index contributed by atoms with van der Waals surface area (Å²) in [5.41, 5.74) is 0. The van der Waals surface area contributed by atoms with Crippen molar-refractivity contribution in [3.8, 4) is 5.75 Å². The van der Waals surface area contributed by atoms with Crippen LogP contribution in [0.4, 0.5) is 0 Å². The molecule has 0 spiro atoms. The van der Waals surface area contributed by atoms with E-state index in [1.807, 2.05) is 23.9 Å². The van der Waals surface area contributed by atoms with E-state index in [2.05, 4.69) is 5.32 Å². The Hall–Kier alpha value is -0.420. The fraction of sp³-hybridized carbons (Fsp3) is 0.571. The standard InChI is InChI=1S/C14H20ClNO2S/c15-11-2-1-3-14(8-11)18-10-13(17)9-16-12-4-6-19-7-5-12/h1-3,8,12-13,16-17H,4-7,9-10H2. The number of nitrogens with one attached hydrogen (secondary N) is 1. The molecule has 0 radical (unpaired) electrons. The smallest absolute Gasteiger partial charge is 0.120 e. The van der Waals surface area contributed by atoms with Gasteiger partial charge in [0.1, 0.15) is 18.5 Å². The van der Waals surface area contributed by atoms with Gasteiger partial charge in [-0.2, -0.15) is 11.8 Å². The van der Waals surface area contributed by atoms with Crippen LogP contribution in [0.15, 0.2) is 24.3 Å². The highest BCUT2D eigenvalue weighted by Gasteiger charge is 2.14. The van der Waals surface area contributed by atoms with Crippen LogP contribution in [0, 0.1) is 0 Å². The fourth-order valence-electron chi connectivity index (χ4n) is 2.01. The average Bonchev–Trinajstić information content (AvgIpc) is 2.44. The Labute approximate surface area is 123 Å². The lowest BCUT2D eigenvalue weighted by molar-refractivity contribution is 0.103. The molecule has 1 heterocycles. The van der Waals surface area contributed by atoms with Crippen LogP contribution < -0.4 is 10.1 Å². The van der Waals surface area contributed by atoms with Crippen molar-refractivity contribution in [2.75, 3.05) is 24.7 Å². The molecule has 1 fully saturated rings. The van der Waals surface area contributed by atoms with E-state index in [0.717, 1.165) is 0 Å². The largest absolute Gasteiger partial charge is 0.491 e. The Morgan fingerprint density at radius 1 is 1.42 bits per heavy atom. The molecular weight excluding hydrogens is 282 g/mol. The Morgan fingerprint density at radius 2 is 2.21 bits per heavy atom. The van der Waals surface area contributed by atoms with Crippen LogP contribution in [0.3, 0.4) is 0 Å². The first kappa shape index (κ1) is 15.0. The molecule has 106 valence electrons. The first-order chi connectivity index (χ1) is 9.24. The van der Waals surface area contributed by atoms with Gasteiger partial charge in [-0.15, -0.1) is 0 Å². The third kappa shape index (κ3) is 5.61. The van der Waals surface area contributed by atoms with E-state index in [1.165, 1.54) is 24.3 Å². The van der Waals surface area contributed by atoms with Crippen LogP contribution in [0.1, 0.15) is 12.8 Å². The van der Waals surface area contributed by atoms with Gasteiger partial charge in [0.2, 0.25) is 0 Å². The Morgan fingerprint density at radius 3 is 2.95 bits per heavy atom. The second-order valence-electron chi connectivity index (χ2n) is 4.72. The van der Waals surface area contributed by atoms with Crippen LogP contribution in [-0.4, -0.2) is 41.9 Å². The van der Waals surface area contributed by atoms with E-state index in [-0.39, 0.29) is 6.61 Å². The van der Waals surface area contributed by atoms with Crippen molar-refractivity contribution >= 4 is 23.4 Å². The molecule has 3 nitrogen and oxygen atoms in total. The van der Waals surface area contributed by atoms with Gasteiger partial charge in [0, 0.05) is 17.6 Å². The second-order valence-corrected chi connectivity index (χ2v) is 6.38. The molecule has 1 unspecified atom stereocenters. The maximum absolute atomic E-state index is 9.88. The van der Waals surface area contributed by atoms with Crippen LogP contribution in [-0.2, 0) is 0 Å². The van der Waals surface area contributed by atoms with Crippen LogP contribution in [0.25, 0.3) is 0 Å². The van der Waals surface area contributed by atoms with Gasteiger partial charge in [0.15, 0.2) is 0 Å². The van der Waals surface area contributed by atoms with Gasteiger partial charge >= 0.3 is 0 Å². The van der Waals surface area contributed by atoms with Crippen molar-refractivity contribution < 1.29 is 9.84 Å².